The SMILES string of the molecule is COCCN(CCC(=O)OC)C(=O)c1cncs1. The average molecular weight is 272 g/mol. The number of hydrogen-bond acceptors (Lipinski definition) is 6. The van der Waals surface area contributed by atoms with E-state index >= 15 is 0 Å². The number of methoxy groups -OCH3 is 2. The van der Waals surface area contributed by atoms with Crippen molar-refractivity contribution in [3.63, 3.8) is 0 Å². The lowest BCUT2D eigenvalue weighted by Gasteiger charge is -2.20. The molecule has 1 rings (SSSR count). The fourth-order valence-electron chi connectivity index (χ4n) is 1.32. The van der Waals surface area contributed by atoms with Gasteiger partial charge < -0.3 is 14.4 Å². The minimum atomic E-state index is -0.338. The fourth-order valence-corrected chi connectivity index (χ4v) is 1.91. The first kappa shape index (κ1) is 14.6. The topological polar surface area (TPSA) is 68.7 Å². The highest BCUT2D eigenvalue weighted by atomic mass is 32.1. The van der Waals surface area contributed by atoms with E-state index < -0.39 is 0 Å². The molecule has 0 radical (unpaired) electrons. The summed E-state index contributed by atoms with van der Waals surface area (Å²) in [5, 5.41) is 0. The molecule has 1 heterocycles. The van der Waals surface area contributed by atoms with Crippen LogP contribution in [0.2, 0.25) is 0 Å². The van der Waals surface area contributed by atoms with Gasteiger partial charge in [-0.3, -0.25) is 14.6 Å². The van der Waals surface area contributed by atoms with Crippen LogP contribution in [0.15, 0.2) is 11.7 Å². The van der Waals surface area contributed by atoms with Crippen molar-refractivity contribution in [2.24, 2.45) is 0 Å². The highest BCUT2D eigenvalue weighted by Gasteiger charge is 2.18. The molecule has 18 heavy (non-hydrogen) atoms. The summed E-state index contributed by atoms with van der Waals surface area (Å²) in [5.74, 6) is -0.479. The number of hydrogen-bond donors (Lipinski definition) is 0. The van der Waals surface area contributed by atoms with Gasteiger partial charge in [-0.2, -0.15) is 0 Å². The van der Waals surface area contributed by atoms with Crippen molar-refractivity contribution in [2.45, 2.75) is 6.42 Å². The lowest BCUT2D eigenvalue weighted by Crippen LogP contribution is -2.35. The van der Waals surface area contributed by atoms with Gasteiger partial charge in [-0.1, -0.05) is 0 Å². The molecule has 1 amide bonds. The minimum Gasteiger partial charge on any atom is -0.469 e. The maximum atomic E-state index is 12.1. The summed E-state index contributed by atoms with van der Waals surface area (Å²) < 4.78 is 9.51. The first-order chi connectivity index (χ1) is 8.69. The number of ether oxygens (including phenoxy) is 2. The quantitative estimate of drug-likeness (QED) is 0.687. The lowest BCUT2D eigenvalue weighted by molar-refractivity contribution is -0.140. The molecule has 0 unspecified atom stereocenters. The van der Waals surface area contributed by atoms with Crippen LogP contribution in [0.1, 0.15) is 16.1 Å². The molecular formula is C11H16N2O4S. The van der Waals surface area contributed by atoms with Gasteiger partial charge in [-0.15, -0.1) is 11.3 Å². The third kappa shape index (κ3) is 4.42. The zero-order chi connectivity index (χ0) is 13.4. The van der Waals surface area contributed by atoms with Gasteiger partial charge in [0.2, 0.25) is 0 Å². The van der Waals surface area contributed by atoms with Crippen LogP contribution in [-0.2, 0) is 14.3 Å². The number of rotatable bonds is 7. The third-order valence-electron chi connectivity index (χ3n) is 2.31. The van der Waals surface area contributed by atoms with E-state index in [2.05, 4.69) is 9.72 Å². The van der Waals surface area contributed by atoms with Crippen LogP contribution in [0.3, 0.4) is 0 Å². The van der Waals surface area contributed by atoms with Gasteiger partial charge in [0.15, 0.2) is 0 Å². The Labute approximate surface area is 110 Å². The number of thiazole rings is 1. The maximum Gasteiger partial charge on any atom is 0.307 e. The Balaban J connectivity index is 2.59. The lowest BCUT2D eigenvalue weighted by atomic mass is 10.3. The predicted molar refractivity (Wildman–Crippen MR) is 66.5 cm³/mol. The predicted octanol–water partition coefficient (Wildman–Crippen LogP) is 0.795. The second-order valence-corrected chi connectivity index (χ2v) is 4.36. The van der Waals surface area contributed by atoms with E-state index in [-0.39, 0.29) is 18.3 Å². The number of carbonyl (C=O) groups excluding carboxylic acids is 2. The van der Waals surface area contributed by atoms with Crippen LogP contribution >= 0.6 is 11.3 Å². The summed E-state index contributed by atoms with van der Waals surface area (Å²) in [4.78, 5) is 29.2. The van der Waals surface area contributed by atoms with Gasteiger partial charge in [-0.05, 0) is 0 Å². The molecule has 0 fully saturated rings. The Morgan fingerprint density at radius 2 is 2.17 bits per heavy atom. The van der Waals surface area contributed by atoms with Crippen LogP contribution in [0.4, 0.5) is 0 Å². The molecule has 0 N–H and O–H groups in total. The molecular weight excluding hydrogens is 256 g/mol. The average Bonchev–Trinajstić information content (AvgIpc) is 2.91. The Kier molecular flexibility index (Phi) is 6.31. The number of carbonyl (C=O) groups is 2. The first-order valence-electron chi connectivity index (χ1n) is 5.42. The van der Waals surface area contributed by atoms with Gasteiger partial charge in [-0.25, -0.2) is 0 Å². The van der Waals surface area contributed by atoms with Crippen LogP contribution in [0.25, 0.3) is 0 Å². The zero-order valence-electron chi connectivity index (χ0n) is 10.4. The molecule has 0 aliphatic carbocycles. The Bertz CT molecular complexity index is 380. The zero-order valence-corrected chi connectivity index (χ0v) is 11.2. The molecule has 1 aromatic heterocycles. The van der Waals surface area contributed by atoms with Gasteiger partial charge in [0.1, 0.15) is 4.88 Å². The second kappa shape index (κ2) is 7.78. The molecule has 0 saturated carbocycles. The smallest absolute Gasteiger partial charge is 0.307 e. The van der Waals surface area contributed by atoms with E-state index in [1.54, 1.807) is 17.5 Å². The van der Waals surface area contributed by atoms with Crippen molar-refractivity contribution in [2.75, 3.05) is 33.9 Å². The van der Waals surface area contributed by atoms with E-state index in [1.807, 2.05) is 0 Å². The Morgan fingerprint density at radius 1 is 1.39 bits per heavy atom. The van der Waals surface area contributed by atoms with E-state index in [0.717, 1.165) is 0 Å². The second-order valence-electron chi connectivity index (χ2n) is 3.48. The molecule has 0 aliphatic heterocycles. The fraction of sp³-hybridized carbons (Fsp3) is 0.545. The van der Waals surface area contributed by atoms with Gasteiger partial charge in [0.25, 0.3) is 5.91 Å². The van der Waals surface area contributed by atoms with Crippen molar-refractivity contribution >= 4 is 23.2 Å². The molecule has 0 aliphatic rings. The van der Waals surface area contributed by atoms with Gasteiger partial charge in [0.05, 0.1) is 31.8 Å². The molecule has 100 valence electrons. The van der Waals surface area contributed by atoms with Crippen LogP contribution < -0.4 is 0 Å². The van der Waals surface area contributed by atoms with E-state index in [9.17, 15) is 9.59 Å². The molecule has 1 aromatic rings. The van der Waals surface area contributed by atoms with Crippen LogP contribution in [-0.4, -0.2) is 55.7 Å². The highest BCUT2D eigenvalue weighted by Crippen LogP contribution is 2.10. The largest absolute Gasteiger partial charge is 0.469 e. The van der Waals surface area contributed by atoms with Crippen molar-refractivity contribution in [3.8, 4) is 0 Å². The third-order valence-corrected chi connectivity index (χ3v) is 3.07. The summed E-state index contributed by atoms with van der Waals surface area (Å²) in [5.41, 5.74) is 1.60. The van der Waals surface area contributed by atoms with E-state index in [1.165, 1.54) is 24.6 Å². The summed E-state index contributed by atoms with van der Waals surface area (Å²) >= 11 is 1.27. The number of esters is 1. The molecule has 0 aromatic carbocycles. The summed E-state index contributed by atoms with van der Waals surface area (Å²) in [6.45, 7) is 1.17. The highest BCUT2D eigenvalue weighted by molar-refractivity contribution is 7.11. The monoisotopic (exact) mass is 272 g/mol. The molecule has 0 atom stereocenters. The Morgan fingerprint density at radius 3 is 2.72 bits per heavy atom. The van der Waals surface area contributed by atoms with Crippen molar-refractivity contribution < 1.29 is 19.1 Å². The van der Waals surface area contributed by atoms with Crippen molar-refractivity contribution in [1.29, 1.82) is 0 Å². The summed E-state index contributed by atoms with van der Waals surface area (Å²) in [6.07, 6.45) is 1.69. The molecule has 7 heteroatoms. The Hall–Kier alpha value is -1.47. The van der Waals surface area contributed by atoms with Crippen molar-refractivity contribution in [3.05, 3.63) is 16.6 Å². The molecule has 0 saturated heterocycles. The van der Waals surface area contributed by atoms with Crippen molar-refractivity contribution in [1.82, 2.24) is 9.88 Å². The number of amides is 1. The first-order valence-corrected chi connectivity index (χ1v) is 6.30. The standard InChI is InChI=1S/C11H16N2O4S/c1-16-6-5-13(4-3-10(14)17-2)11(15)9-7-12-8-18-9/h7-8H,3-6H2,1-2H3. The maximum absolute atomic E-state index is 12.1. The van der Waals surface area contributed by atoms with Crippen LogP contribution in [0, 0.1) is 0 Å². The molecule has 0 bridgehead atoms. The van der Waals surface area contributed by atoms with E-state index in [0.29, 0.717) is 24.6 Å². The number of aromatic nitrogens is 1. The van der Waals surface area contributed by atoms with Gasteiger partial charge >= 0.3 is 5.97 Å². The van der Waals surface area contributed by atoms with Gasteiger partial charge in [0, 0.05) is 20.2 Å². The summed E-state index contributed by atoms with van der Waals surface area (Å²) in [6, 6.07) is 0. The summed E-state index contributed by atoms with van der Waals surface area (Å²) in [7, 11) is 2.89. The number of nitrogens with zero attached hydrogens (tertiary/aromatic N) is 2. The molecule has 6 nitrogen and oxygen atoms in total. The minimum absolute atomic E-state index is 0.140. The normalized spacial score (nSPS) is 10.1. The van der Waals surface area contributed by atoms with Crippen LogP contribution in [0.5, 0.6) is 0 Å². The van der Waals surface area contributed by atoms with E-state index in [4.69, 9.17) is 4.74 Å². The molecule has 0 spiro atoms.